The molecule has 6 nitrogen and oxygen atoms in total. The third-order valence-corrected chi connectivity index (χ3v) is 4.67. The first-order valence-electron chi connectivity index (χ1n) is 8.52. The Morgan fingerprint density at radius 2 is 1.86 bits per heavy atom. The van der Waals surface area contributed by atoms with Crippen LogP contribution in [-0.4, -0.2) is 16.1 Å². The van der Waals surface area contributed by atoms with Crippen molar-refractivity contribution in [2.45, 2.75) is 0 Å². The zero-order chi connectivity index (χ0) is 20.4. The molecule has 0 saturated heterocycles. The number of furan rings is 1. The third-order valence-electron chi connectivity index (χ3n) is 4.12. The highest BCUT2D eigenvalue weighted by Gasteiger charge is 2.15. The molecule has 8 heteroatoms. The van der Waals surface area contributed by atoms with Crippen LogP contribution in [0.2, 0.25) is 10.0 Å². The number of carbonyl (C=O) groups is 1. The summed E-state index contributed by atoms with van der Waals surface area (Å²) in [5.74, 6) is 0.189. The molecule has 0 aliphatic carbocycles. The van der Waals surface area contributed by atoms with Gasteiger partial charge in [0.05, 0.1) is 10.7 Å². The van der Waals surface area contributed by atoms with Crippen molar-refractivity contribution >= 4 is 34.8 Å². The Morgan fingerprint density at radius 3 is 2.62 bits per heavy atom. The van der Waals surface area contributed by atoms with Gasteiger partial charge in [-0.2, -0.15) is 5.10 Å². The molecule has 0 atom stereocenters. The minimum atomic E-state index is -0.409. The minimum Gasteiger partial charge on any atom is -0.451 e. The van der Waals surface area contributed by atoms with Gasteiger partial charge in [-0.25, -0.2) is 5.10 Å². The number of rotatable bonds is 4. The van der Waals surface area contributed by atoms with E-state index in [0.29, 0.717) is 32.8 Å². The minimum absolute atomic E-state index is 0.138. The lowest BCUT2D eigenvalue weighted by molar-refractivity contribution is 0.0997. The number of nitrogens with one attached hydrogen (secondary N) is 2. The van der Waals surface area contributed by atoms with Gasteiger partial charge in [0, 0.05) is 27.9 Å². The van der Waals surface area contributed by atoms with Crippen LogP contribution >= 0.6 is 23.2 Å². The van der Waals surface area contributed by atoms with Crippen molar-refractivity contribution in [1.29, 1.82) is 0 Å². The molecule has 2 heterocycles. The lowest BCUT2D eigenvalue weighted by Crippen LogP contribution is -2.11. The van der Waals surface area contributed by atoms with Gasteiger partial charge in [0.25, 0.3) is 11.5 Å². The summed E-state index contributed by atoms with van der Waals surface area (Å²) in [5, 5.41) is 10.1. The van der Waals surface area contributed by atoms with E-state index >= 15 is 0 Å². The molecule has 0 fully saturated rings. The molecule has 4 aromatic rings. The van der Waals surface area contributed by atoms with Crippen molar-refractivity contribution in [2.75, 3.05) is 5.32 Å². The van der Waals surface area contributed by atoms with Crippen molar-refractivity contribution in [3.8, 4) is 22.6 Å². The summed E-state index contributed by atoms with van der Waals surface area (Å²) in [5.41, 5.74) is 2.24. The number of hydrogen-bond donors (Lipinski definition) is 2. The predicted molar refractivity (Wildman–Crippen MR) is 112 cm³/mol. The molecule has 0 aliphatic rings. The number of amides is 1. The summed E-state index contributed by atoms with van der Waals surface area (Å²) in [6.45, 7) is 0. The van der Waals surface area contributed by atoms with Gasteiger partial charge < -0.3 is 9.73 Å². The van der Waals surface area contributed by atoms with Gasteiger partial charge in [-0.1, -0.05) is 35.3 Å². The van der Waals surface area contributed by atoms with E-state index in [1.165, 1.54) is 6.07 Å². The Kier molecular flexibility index (Phi) is 5.20. The smallest absolute Gasteiger partial charge is 0.291 e. The summed E-state index contributed by atoms with van der Waals surface area (Å²) < 4.78 is 5.66. The topological polar surface area (TPSA) is 88.0 Å². The molecule has 2 aromatic heterocycles. The lowest BCUT2D eigenvalue weighted by Gasteiger charge is -2.06. The van der Waals surface area contributed by atoms with Gasteiger partial charge in [0.15, 0.2) is 5.76 Å². The quantitative estimate of drug-likeness (QED) is 0.466. The molecular formula is C21H13Cl2N3O3. The number of aromatic nitrogens is 2. The van der Waals surface area contributed by atoms with Crippen molar-refractivity contribution in [2.24, 2.45) is 0 Å². The zero-order valence-electron chi connectivity index (χ0n) is 14.8. The Morgan fingerprint density at radius 1 is 1.00 bits per heavy atom. The fourth-order valence-electron chi connectivity index (χ4n) is 2.75. The normalized spacial score (nSPS) is 10.7. The van der Waals surface area contributed by atoms with E-state index in [2.05, 4.69) is 15.5 Å². The summed E-state index contributed by atoms with van der Waals surface area (Å²) in [6, 6.07) is 18.4. The van der Waals surface area contributed by atoms with E-state index in [-0.39, 0.29) is 11.3 Å². The summed E-state index contributed by atoms with van der Waals surface area (Å²) in [4.78, 5) is 23.7. The van der Waals surface area contributed by atoms with Crippen LogP contribution in [-0.2, 0) is 0 Å². The maximum atomic E-state index is 12.6. The van der Waals surface area contributed by atoms with E-state index in [1.54, 1.807) is 54.6 Å². The van der Waals surface area contributed by atoms with E-state index < -0.39 is 5.91 Å². The van der Waals surface area contributed by atoms with Crippen molar-refractivity contribution < 1.29 is 9.21 Å². The first-order valence-corrected chi connectivity index (χ1v) is 9.28. The predicted octanol–water partition coefficient (Wildman–Crippen LogP) is 5.26. The number of anilines is 1. The van der Waals surface area contributed by atoms with Gasteiger partial charge in [-0.3, -0.25) is 9.59 Å². The maximum absolute atomic E-state index is 12.6. The molecule has 0 saturated carbocycles. The number of hydrogen-bond acceptors (Lipinski definition) is 4. The van der Waals surface area contributed by atoms with Crippen LogP contribution in [0.1, 0.15) is 10.6 Å². The first kappa shape index (κ1) is 19.0. The van der Waals surface area contributed by atoms with E-state index in [4.69, 9.17) is 27.6 Å². The monoisotopic (exact) mass is 425 g/mol. The molecule has 2 aromatic carbocycles. The molecule has 0 aliphatic heterocycles. The number of benzene rings is 2. The standard InChI is InChI=1S/C21H13Cl2N3O3/c22-13-4-5-15(16(23)11-13)18-7-8-19(29-18)21(28)24-14-3-1-2-12(10-14)17-6-9-20(27)26-25-17/h1-11H,(H,24,28)(H,26,27). The Hall–Kier alpha value is -3.35. The molecule has 144 valence electrons. The number of nitrogens with zero attached hydrogens (tertiary/aromatic N) is 1. The van der Waals surface area contributed by atoms with Crippen LogP contribution < -0.4 is 10.9 Å². The van der Waals surface area contributed by atoms with Crippen LogP contribution in [0.4, 0.5) is 5.69 Å². The SMILES string of the molecule is O=C(Nc1cccc(-c2ccc(=O)[nH]n2)c1)c1ccc(-c2ccc(Cl)cc2Cl)o1. The van der Waals surface area contributed by atoms with Crippen LogP contribution in [0, 0.1) is 0 Å². The molecule has 1 amide bonds. The van der Waals surface area contributed by atoms with Crippen LogP contribution in [0.3, 0.4) is 0 Å². The number of aromatic amines is 1. The Labute approximate surface area is 175 Å². The van der Waals surface area contributed by atoms with Crippen LogP contribution in [0.25, 0.3) is 22.6 Å². The molecule has 29 heavy (non-hydrogen) atoms. The van der Waals surface area contributed by atoms with Crippen molar-refractivity contribution in [3.05, 3.63) is 92.9 Å². The summed E-state index contributed by atoms with van der Waals surface area (Å²) in [6.07, 6.45) is 0. The van der Waals surface area contributed by atoms with Crippen molar-refractivity contribution in [1.82, 2.24) is 10.2 Å². The van der Waals surface area contributed by atoms with Crippen LogP contribution in [0.15, 0.2) is 75.9 Å². The Balaban J connectivity index is 1.54. The van der Waals surface area contributed by atoms with Gasteiger partial charge in [-0.15, -0.1) is 0 Å². The van der Waals surface area contributed by atoms with E-state index in [1.807, 2.05) is 6.07 Å². The van der Waals surface area contributed by atoms with Crippen molar-refractivity contribution in [3.63, 3.8) is 0 Å². The largest absolute Gasteiger partial charge is 0.451 e. The maximum Gasteiger partial charge on any atom is 0.291 e. The zero-order valence-corrected chi connectivity index (χ0v) is 16.3. The second-order valence-corrected chi connectivity index (χ2v) is 6.97. The highest BCUT2D eigenvalue weighted by Crippen LogP contribution is 2.31. The molecule has 0 unspecified atom stereocenters. The van der Waals surface area contributed by atoms with E-state index in [9.17, 15) is 9.59 Å². The summed E-state index contributed by atoms with van der Waals surface area (Å²) in [7, 11) is 0. The molecule has 2 N–H and O–H groups in total. The molecular weight excluding hydrogens is 413 g/mol. The van der Waals surface area contributed by atoms with Gasteiger partial charge in [-0.05, 0) is 48.5 Å². The fraction of sp³-hybridized carbons (Fsp3) is 0. The average Bonchev–Trinajstić information content (AvgIpc) is 3.19. The second kappa shape index (κ2) is 7.95. The first-order chi connectivity index (χ1) is 14.0. The van der Waals surface area contributed by atoms with Gasteiger partial charge >= 0.3 is 0 Å². The molecule has 0 spiro atoms. The number of carbonyl (C=O) groups excluding carboxylic acids is 1. The highest BCUT2D eigenvalue weighted by molar-refractivity contribution is 6.36. The van der Waals surface area contributed by atoms with Gasteiger partial charge in [0.1, 0.15) is 5.76 Å². The lowest BCUT2D eigenvalue weighted by atomic mass is 10.1. The number of halogens is 2. The van der Waals surface area contributed by atoms with Gasteiger partial charge in [0.2, 0.25) is 0 Å². The molecule has 4 rings (SSSR count). The highest BCUT2D eigenvalue weighted by atomic mass is 35.5. The second-order valence-electron chi connectivity index (χ2n) is 6.13. The third kappa shape index (κ3) is 4.23. The fourth-order valence-corrected chi connectivity index (χ4v) is 3.25. The average molecular weight is 426 g/mol. The Bertz CT molecular complexity index is 1240. The summed E-state index contributed by atoms with van der Waals surface area (Å²) >= 11 is 12.1. The number of H-pyrrole nitrogens is 1. The van der Waals surface area contributed by atoms with E-state index in [0.717, 1.165) is 5.56 Å². The molecule has 0 bridgehead atoms. The molecule has 0 radical (unpaired) electrons. The van der Waals surface area contributed by atoms with Crippen LogP contribution in [0.5, 0.6) is 0 Å².